The third kappa shape index (κ3) is 3.03. The first-order chi connectivity index (χ1) is 7.25. The predicted octanol–water partition coefficient (Wildman–Crippen LogP) is 1.02. The Kier molecular flexibility index (Phi) is 3.78. The fourth-order valence-corrected chi connectivity index (χ4v) is 2.46. The van der Waals surface area contributed by atoms with Gasteiger partial charge in [-0.3, -0.25) is 4.90 Å². The second-order valence-corrected chi connectivity index (χ2v) is 4.83. The van der Waals surface area contributed by atoms with Crippen molar-refractivity contribution in [1.82, 2.24) is 10.2 Å². The molecule has 2 atom stereocenters. The van der Waals surface area contributed by atoms with Gasteiger partial charge in [0.05, 0.1) is 12.7 Å². The van der Waals surface area contributed by atoms with Crippen LogP contribution in [0.1, 0.15) is 19.8 Å². The first kappa shape index (κ1) is 11.1. The van der Waals surface area contributed by atoms with Gasteiger partial charge in [0.1, 0.15) is 0 Å². The monoisotopic (exact) mass is 210 g/mol. The maximum atomic E-state index is 5.84. The van der Waals surface area contributed by atoms with Crippen LogP contribution in [-0.4, -0.2) is 49.8 Å². The van der Waals surface area contributed by atoms with Gasteiger partial charge in [0.25, 0.3) is 0 Å². The molecule has 0 saturated carbocycles. The highest BCUT2D eigenvalue weighted by atomic mass is 16.5. The number of hydrogen-bond donors (Lipinski definition) is 1. The van der Waals surface area contributed by atoms with Gasteiger partial charge < -0.3 is 10.1 Å². The van der Waals surface area contributed by atoms with E-state index in [1.54, 1.807) is 0 Å². The minimum atomic E-state index is 0.374. The molecule has 86 valence electrons. The van der Waals surface area contributed by atoms with Gasteiger partial charge >= 0.3 is 0 Å². The Bertz CT molecular complexity index is 230. The summed E-state index contributed by atoms with van der Waals surface area (Å²) < 4.78 is 5.84. The van der Waals surface area contributed by atoms with Crippen LogP contribution < -0.4 is 5.32 Å². The third-order valence-corrected chi connectivity index (χ3v) is 3.26. The highest BCUT2D eigenvalue weighted by molar-refractivity contribution is 4.91. The molecule has 0 aromatic heterocycles. The van der Waals surface area contributed by atoms with Crippen molar-refractivity contribution in [2.24, 2.45) is 0 Å². The maximum absolute atomic E-state index is 5.84. The Morgan fingerprint density at radius 3 is 3.27 bits per heavy atom. The van der Waals surface area contributed by atoms with Crippen LogP contribution in [-0.2, 0) is 4.74 Å². The Morgan fingerprint density at radius 2 is 2.47 bits per heavy atom. The van der Waals surface area contributed by atoms with E-state index in [1.807, 2.05) is 6.92 Å². The van der Waals surface area contributed by atoms with Crippen molar-refractivity contribution >= 4 is 0 Å². The van der Waals surface area contributed by atoms with Gasteiger partial charge in [-0.05, 0) is 26.3 Å². The number of rotatable bonds is 4. The number of hydrogen-bond acceptors (Lipinski definition) is 3. The molecule has 0 radical (unpaired) electrons. The highest BCUT2D eigenvalue weighted by Crippen LogP contribution is 2.22. The summed E-state index contributed by atoms with van der Waals surface area (Å²) in [5, 5.41) is 3.38. The van der Waals surface area contributed by atoms with Crippen molar-refractivity contribution in [3.05, 3.63) is 12.2 Å². The molecule has 2 unspecified atom stereocenters. The number of nitrogens with zero attached hydrogens (tertiary/aromatic N) is 1. The van der Waals surface area contributed by atoms with Crippen molar-refractivity contribution in [3.63, 3.8) is 0 Å². The molecule has 0 amide bonds. The molecule has 3 nitrogen and oxygen atoms in total. The van der Waals surface area contributed by atoms with E-state index in [2.05, 4.69) is 16.8 Å². The number of morpholine rings is 1. The van der Waals surface area contributed by atoms with Crippen molar-refractivity contribution in [2.45, 2.75) is 31.9 Å². The lowest BCUT2D eigenvalue weighted by molar-refractivity contribution is -0.0466. The normalized spacial score (nSPS) is 31.5. The zero-order valence-corrected chi connectivity index (χ0v) is 9.67. The molecular formula is C12H22N2O. The lowest BCUT2D eigenvalue weighted by Gasteiger charge is -2.35. The molecule has 1 N–H and O–H groups in total. The van der Waals surface area contributed by atoms with Gasteiger partial charge in [0.2, 0.25) is 0 Å². The highest BCUT2D eigenvalue weighted by Gasteiger charge is 2.31. The smallest absolute Gasteiger partial charge is 0.0827 e. The number of ether oxygens (including phenoxy) is 1. The van der Waals surface area contributed by atoms with Crippen LogP contribution >= 0.6 is 0 Å². The molecule has 3 heteroatoms. The summed E-state index contributed by atoms with van der Waals surface area (Å²) in [6.45, 7) is 11.1. The predicted molar refractivity (Wildman–Crippen MR) is 62.0 cm³/mol. The Balaban J connectivity index is 1.68. The van der Waals surface area contributed by atoms with E-state index < -0.39 is 0 Å². The topological polar surface area (TPSA) is 24.5 Å². The van der Waals surface area contributed by atoms with Gasteiger partial charge in [-0.2, -0.15) is 0 Å². The van der Waals surface area contributed by atoms with E-state index in [4.69, 9.17) is 4.74 Å². The molecule has 2 heterocycles. The van der Waals surface area contributed by atoms with Crippen LogP contribution in [0, 0.1) is 0 Å². The van der Waals surface area contributed by atoms with E-state index in [-0.39, 0.29) is 0 Å². The van der Waals surface area contributed by atoms with E-state index in [0.29, 0.717) is 12.1 Å². The van der Waals surface area contributed by atoms with Crippen LogP contribution in [0.5, 0.6) is 0 Å². The summed E-state index contributed by atoms with van der Waals surface area (Å²) >= 11 is 0. The van der Waals surface area contributed by atoms with E-state index in [0.717, 1.165) is 26.2 Å². The lowest BCUT2D eigenvalue weighted by Crippen LogP contribution is -2.49. The summed E-state index contributed by atoms with van der Waals surface area (Å²) in [5.74, 6) is 0. The molecule has 0 bridgehead atoms. The van der Waals surface area contributed by atoms with E-state index >= 15 is 0 Å². The molecule has 15 heavy (non-hydrogen) atoms. The SMILES string of the molecule is C=C(C)CNCC1CN2CCCC2CO1. The van der Waals surface area contributed by atoms with E-state index in [9.17, 15) is 0 Å². The number of nitrogens with one attached hydrogen (secondary N) is 1. The maximum Gasteiger partial charge on any atom is 0.0827 e. The van der Waals surface area contributed by atoms with Gasteiger partial charge in [-0.15, -0.1) is 0 Å². The minimum absolute atomic E-state index is 0.374. The van der Waals surface area contributed by atoms with Crippen LogP contribution in [0.15, 0.2) is 12.2 Å². The van der Waals surface area contributed by atoms with Gasteiger partial charge in [-0.25, -0.2) is 0 Å². The summed E-state index contributed by atoms with van der Waals surface area (Å²) in [7, 11) is 0. The summed E-state index contributed by atoms with van der Waals surface area (Å²) in [6.07, 6.45) is 3.05. The molecule has 0 aliphatic carbocycles. The molecule has 2 aliphatic rings. The second kappa shape index (κ2) is 5.10. The standard InChI is InChI=1S/C12H22N2O/c1-10(2)6-13-7-12-8-14-5-3-4-11(14)9-15-12/h11-13H,1,3-9H2,2H3. The van der Waals surface area contributed by atoms with Gasteiger partial charge in [-0.1, -0.05) is 12.2 Å². The first-order valence-electron chi connectivity index (χ1n) is 5.96. The molecule has 0 spiro atoms. The zero-order chi connectivity index (χ0) is 10.7. The quantitative estimate of drug-likeness (QED) is 0.701. The van der Waals surface area contributed by atoms with Crippen molar-refractivity contribution in [2.75, 3.05) is 32.8 Å². The molecule has 2 rings (SSSR count). The lowest BCUT2D eigenvalue weighted by atomic mass is 10.2. The minimum Gasteiger partial charge on any atom is -0.374 e. The van der Waals surface area contributed by atoms with E-state index in [1.165, 1.54) is 25.0 Å². The largest absolute Gasteiger partial charge is 0.374 e. The van der Waals surface area contributed by atoms with Crippen LogP contribution in [0.25, 0.3) is 0 Å². The van der Waals surface area contributed by atoms with Gasteiger partial charge in [0.15, 0.2) is 0 Å². The summed E-state index contributed by atoms with van der Waals surface area (Å²) in [6, 6.07) is 0.711. The average Bonchev–Trinajstić information content (AvgIpc) is 2.64. The molecule has 2 aliphatic heterocycles. The third-order valence-electron chi connectivity index (χ3n) is 3.26. The fourth-order valence-electron chi connectivity index (χ4n) is 2.46. The zero-order valence-electron chi connectivity index (χ0n) is 9.67. The van der Waals surface area contributed by atoms with Crippen molar-refractivity contribution < 1.29 is 4.74 Å². The molecule has 2 saturated heterocycles. The first-order valence-corrected chi connectivity index (χ1v) is 5.96. The Morgan fingerprint density at radius 1 is 1.60 bits per heavy atom. The molecular weight excluding hydrogens is 188 g/mol. The summed E-state index contributed by atoms with van der Waals surface area (Å²) in [4.78, 5) is 2.58. The van der Waals surface area contributed by atoms with Crippen molar-refractivity contribution in [1.29, 1.82) is 0 Å². The molecule has 2 fully saturated rings. The number of fused-ring (bicyclic) bond motifs is 1. The van der Waals surface area contributed by atoms with Crippen molar-refractivity contribution in [3.8, 4) is 0 Å². The fraction of sp³-hybridized carbons (Fsp3) is 0.833. The van der Waals surface area contributed by atoms with Crippen LogP contribution in [0.3, 0.4) is 0 Å². The second-order valence-electron chi connectivity index (χ2n) is 4.83. The average molecular weight is 210 g/mol. The molecule has 0 aromatic carbocycles. The molecule has 0 aromatic rings. The van der Waals surface area contributed by atoms with Crippen LogP contribution in [0.2, 0.25) is 0 Å². The summed E-state index contributed by atoms with van der Waals surface area (Å²) in [5.41, 5.74) is 1.19. The van der Waals surface area contributed by atoms with Crippen LogP contribution in [0.4, 0.5) is 0 Å². The Labute approximate surface area is 92.5 Å². The Hall–Kier alpha value is -0.380. The van der Waals surface area contributed by atoms with Gasteiger partial charge in [0, 0.05) is 25.7 Å².